The number of ether oxygens (including phenoxy) is 5. The van der Waals surface area contributed by atoms with Gasteiger partial charge in [0.2, 0.25) is 23.8 Å². The van der Waals surface area contributed by atoms with Gasteiger partial charge in [-0.2, -0.15) is 39.9 Å². The summed E-state index contributed by atoms with van der Waals surface area (Å²) in [6.45, 7) is 32.9. The third-order valence-corrected chi connectivity index (χ3v) is 23.5. The topological polar surface area (TPSA) is 462 Å². The van der Waals surface area contributed by atoms with E-state index in [2.05, 4.69) is 142 Å². The number of carbonyl (C=O) groups is 7. The fourth-order valence-corrected chi connectivity index (χ4v) is 16.4. The third-order valence-electron chi connectivity index (χ3n) is 23.5. The van der Waals surface area contributed by atoms with Crippen LogP contribution in [0.15, 0.2) is 104 Å². The van der Waals surface area contributed by atoms with E-state index in [0.717, 1.165) is 94.0 Å². The molecule has 11 aromatic rings. The normalized spacial score (nSPS) is 13.8. The van der Waals surface area contributed by atoms with Crippen LogP contribution in [0.2, 0.25) is 0 Å². The van der Waals surface area contributed by atoms with Crippen molar-refractivity contribution in [2.45, 2.75) is 313 Å². The van der Waals surface area contributed by atoms with Gasteiger partial charge < -0.3 is 83.4 Å². The van der Waals surface area contributed by atoms with Crippen LogP contribution in [0.25, 0.3) is 44.7 Å². The maximum absolute atomic E-state index is 13.6. The number of rotatable bonds is 39. The molecule has 1 aliphatic heterocycles. The summed E-state index contributed by atoms with van der Waals surface area (Å²) in [5.74, 6) is 1.37. The van der Waals surface area contributed by atoms with Crippen molar-refractivity contribution >= 4 is 134 Å². The first kappa shape index (κ1) is 108. The molecule has 0 radical (unpaired) electrons. The molecule has 141 heavy (non-hydrogen) atoms. The van der Waals surface area contributed by atoms with Crippen molar-refractivity contribution in [3.05, 3.63) is 132 Å². The van der Waals surface area contributed by atoms with Crippen molar-refractivity contribution in [3.63, 3.8) is 0 Å². The molecular formula is C102H144N24O15. The molecule has 14 rings (SSSR count). The second kappa shape index (κ2) is 51.6. The van der Waals surface area contributed by atoms with Crippen molar-refractivity contribution in [2.24, 2.45) is 5.92 Å². The number of benzene rings is 3. The first-order valence-corrected chi connectivity index (χ1v) is 49.7. The molecule has 8 aromatic heterocycles. The van der Waals surface area contributed by atoms with Crippen molar-refractivity contribution in [1.29, 1.82) is 0 Å². The molecule has 0 unspecified atom stereocenters. The number of carboxylic acids is 3. The number of aromatic nitrogens is 16. The predicted octanol–water partition coefficient (Wildman–Crippen LogP) is 19.1. The number of hydrogen-bond acceptors (Lipinski definition) is 29. The van der Waals surface area contributed by atoms with E-state index < -0.39 is 53.0 Å². The lowest BCUT2D eigenvalue weighted by molar-refractivity contribution is -0.144. The van der Waals surface area contributed by atoms with Crippen molar-refractivity contribution in [3.8, 4) is 0 Å². The lowest BCUT2D eigenvalue weighted by Gasteiger charge is -2.27. The molecule has 9 heterocycles. The Bertz CT molecular complexity index is 5910. The quantitative estimate of drug-likeness (QED) is 0.0107. The average Bonchev–Trinajstić information content (AvgIpc) is 1.66. The molecule has 0 atom stereocenters. The SMILES string of the molecule is CC(C)(C)OC(=O)N(Cc1ccc(C2CCCCC2)cc1)c1nc(NCc2ccccc2)c2ncn(CC(=O)O)c2n1.CC(C)CNc1nc(NCc2ccc(C3CCCCC3)cc2)nc2c1ncn2CC(=O)O.CCCCCN(C(=O)OC(C)(C)C)c1nc(N(C)CCCC)c2ncn(CC(=O)OCC)c2n1.CCCCCN(C(=O)OC(C)(C)C)c1nc(NC2CCOCC2)c2ncn(CC(=O)O)c2n1. The van der Waals surface area contributed by atoms with Gasteiger partial charge in [0.15, 0.2) is 67.9 Å². The summed E-state index contributed by atoms with van der Waals surface area (Å²) >= 11 is 0. The van der Waals surface area contributed by atoms with Crippen LogP contribution in [0.1, 0.15) is 272 Å². The minimum absolute atomic E-state index is 0.0266. The van der Waals surface area contributed by atoms with Crippen molar-refractivity contribution in [2.75, 3.05) is 93.9 Å². The van der Waals surface area contributed by atoms with E-state index in [1.54, 1.807) is 59.4 Å². The first-order valence-electron chi connectivity index (χ1n) is 49.7. The molecule has 39 nitrogen and oxygen atoms in total. The zero-order valence-corrected chi connectivity index (χ0v) is 84.9. The van der Waals surface area contributed by atoms with Gasteiger partial charge in [-0.05, 0) is 173 Å². The Labute approximate surface area is 824 Å². The number of carbonyl (C=O) groups excluding carboxylic acids is 4. The highest BCUT2D eigenvalue weighted by atomic mass is 16.6. The number of amides is 3. The monoisotopic (exact) mass is 1950 g/mol. The number of unbranched alkanes of at least 4 members (excludes halogenated alkanes) is 5. The summed E-state index contributed by atoms with van der Waals surface area (Å²) in [7, 11) is 1.94. The fourth-order valence-electron chi connectivity index (χ4n) is 16.4. The molecule has 39 heteroatoms. The van der Waals surface area contributed by atoms with Crippen LogP contribution in [-0.2, 0) is 88.7 Å². The predicted molar refractivity (Wildman–Crippen MR) is 544 cm³/mol. The summed E-state index contributed by atoms with van der Waals surface area (Å²) in [6, 6.07) is 27.2. The Balaban J connectivity index is 0.000000181. The van der Waals surface area contributed by atoms with E-state index in [4.69, 9.17) is 33.7 Å². The van der Waals surface area contributed by atoms with E-state index in [0.29, 0.717) is 138 Å². The number of carboxylic acid groups (broad SMARTS) is 3. The molecule has 0 spiro atoms. The number of nitrogens with zero attached hydrogens (tertiary/aromatic N) is 20. The molecule has 3 amide bonds. The van der Waals surface area contributed by atoms with E-state index in [1.165, 1.54) is 123 Å². The number of hydrogen-bond donors (Lipinski definition) is 7. The van der Waals surface area contributed by atoms with E-state index >= 15 is 0 Å². The van der Waals surface area contributed by atoms with E-state index in [9.17, 15) is 48.9 Å². The highest BCUT2D eigenvalue weighted by Crippen LogP contribution is 2.37. The van der Waals surface area contributed by atoms with Gasteiger partial charge in [0.1, 0.15) is 43.0 Å². The lowest BCUT2D eigenvalue weighted by Crippen LogP contribution is -2.39. The molecule has 2 aliphatic carbocycles. The highest BCUT2D eigenvalue weighted by molar-refractivity contribution is 5.94. The van der Waals surface area contributed by atoms with Crippen molar-refractivity contribution in [1.82, 2.24) is 78.1 Å². The Morgan fingerprint density at radius 2 is 0.851 bits per heavy atom. The molecule has 2 saturated carbocycles. The smallest absolute Gasteiger partial charge is 0.417 e. The van der Waals surface area contributed by atoms with E-state index in [-0.39, 0.29) is 62.6 Å². The van der Waals surface area contributed by atoms with Crippen LogP contribution in [0, 0.1) is 5.92 Å². The van der Waals surface area contributed by atoms with Gasteiger partial charge in [0.25, 0.3) is 0 Å². The average molecular weight is 1950 g/mol. The van der Waals surface area contributed by atoms with Crippen LogP contribution in [0.4, 0.5) is 61.4 Å². The maximum Gasteiger partial charge on any atom is 0.417 e. The number of fused-ring (bicyclic) bond motifs is 4. The zero-order chi connectivity index (χ0) is 102. The summed E-state index contributed by atoms with van der Waals surface area (Å²) in [4.78, 5) is 147. The Morgan fingerprint density at radius 1 is 0.440 bits per heavy atom. The standard InChI is InChI=1S/C32H38N6O4.C24H40N6O4.C24H32N6O2.C22H34N6O5/c1-32(2,3)42-31(41)38(19-23-14-16-25(17-15-23)24-12-8-5-9-13-24)30-35-28(33-18-22-10-6-4-7-11-22)27-29(36-30)37(21-34-27)20-26(39)40;1-8-11-13-15-30(23(32)34-24(4,5)6)22-26-20(28(7)14-12-9-2)19-21(27-22)29(17-25-19)16-18(31)33-10-3;1-16(2)12-25-22-21-23(30(15-27-21)14-20(31)32)29-24(28-22)26-13-17-8-10-19(11-9-17)18-6-4-3-5-7-18;1-5-6-7-10-28(21(31)33-22(2,3)4)20-25-18(24-15-8-11-32-12-9-15)17-19(26-20)27(14-23-17)13-16(29)30/h4,6-7,10-11,14-17,21,24H,5,8-9,12-13,18-20H2,1-3H3,(H,39,40)(H,33,35,36);17H,8-16H2,1-7H3;8-11,15-16,18H,3-7,12-14H2,1-2H3,(H,31,32)(H2,25,26,28,29);14-15H,5-13H2,1-4H3,(H,29,30)(H,24,25,26). The largest absolute Gasteiger partial charge is 0.480 e. The van der Waals surface area contributed by atoms with Crippen molar-refractivity contribution < 1.29 is 72.6 Å². The van der Waals surface area contributed by atoms with Gasteiger partial charge in [0.05, 0.1) is 38.5 Å². The summed E-state index contributed by atoms with van der Waals surface area (Å²) in [5, 5.41) is 41.3. The Kier molecular flexibility index (Phi) is 39.5. The van der Waals surface area contributed by atoms with Crippen LogP contribution < -0.4 is 40.9 Å². The van der Waals surface area contributed by atoms with Crippen LogP contribution in [-0.4, -0.2) is 211 Å². The van der Waals surface area contributed by atoms with Gasteiger partial charge in [0, 0.05) is 65.6 Å². The molecule has 3 aliphatic rings. The van der Waals surface area contributed by atoms with Crippen LogP contribution >= 0.6 is 0 Å². The highest BCUT2D eigenvalue weighted by Gasteiger charge is 2.34. The minimum Gasteiger partial charge on any atom is -0.480 e. The second-order valence-electron chi connectivity index (χ2n) is 39.3. The molecule has 3 fully saturated rings. The maximum atomic E-state index is 13.6. The first-order chi connectivity index (χ1) is 67.4. The summed E-state index contributed by atoms with van der Waals surface area (Å²) in [5.41, 5.74) is 7.42. The molecule has 1 saturated heterocycles. The molecule has 762 valence electrons. The van der Waals surface area contributed by atoms with E-state index in [1.807, 2.05) is 75.2 Å². The Hall–Kier alpha value is -13.5. The third kappa shape index (κ3) is 32.5. The van der Waals surface area contributed by atoms with Crippen LogP contribution in [0.3, 0.4) is 0 Å². The number of aliphatic carboxylic acids is 3. The van der Waals surface area contributed by atoms with Gasteiger partial charge in [-0.1, -0.05) is 184 Å². The number of anilines is 8. The van der Waals surface area contributed by atoms with Gasteiger partial charge in [-0.3, -0.25) is 19.2 Å². The molecule has 3 aromatic carbocycles. The number of nitrogens with one attached hydrogen (secondary N) is 4. The molecule has 0 bridgehead atoms. The fraction of sp³-hybridized carbons (Fsp3) is 0.559. The molecular weight excluding hydrogens is 1800 g/mol. The number of esters is 1. The zero-order valence-electron chi connectivity index (χ0n) is 84.9. The van der Waals surface area contributed by atoms with Gasteiger partial charge >= 0.3 is 42.2 Å². The lowest BCUT2D eigenvalue weighted by atomic mass is 9.84. The van der Waals surface area contributed by atoms with Gasteiger partial charge in [-0.25, -0.2) is 49.0 Å². The Morgan fingerprint density at radius 3 is 1.32 bits per heavy atom. The van der Waals surface area contributed by atoms with Crippen LogP contribution in [0.5, 0.6) is 0 Å². The summed E-state index contributed by atoms with van der Waals surface area (Å²) in [6.07, 6.45) is 26.2. The second-order valence-corrected chi connectivity index (χ2v) is 39.3. The molecule has 7 N–H and O–H groups in total. The summed E-state index contributed by atoms with van der Waals surface area (Å²) < 4.78 is 33.6. The van der Waals surface area contributed by atoms with Gasteiger partial charge in [-0.15, -0.1) is 0 Å². The minimum atomic E-state index is -1.03. The number of imidazole rings is 4.